The molecule has 0 fully saturated rings. The van der Waals surface area contributed by atoms with Gasteiger partial charge in [-0.25, -0.2) is 4.79 Å². The highest BCUT2D eigenvalue weighted by Gasteiger charge is 2.31. The zero-order valence-electron chi connectivity index (χ0n) is 32.8. The highest BCUT2D eigenvalue weighted by Crippen LogP contribution is 2.12. The SMILES string of the molecule is CC/C=C/C=C/C=C/CCCCCCCCCC(=O)OCC(COCCC(C(=O)O)[N+](C)(C)C)OC(=O)CCCC/C=C/C/C=C/C/C=C/CC. The molecule has 51 heavy (non-hydrogen) atoms. The van der Waals surface area contributed by atoms with E-state index in [1.54, 1.807) is 0 Å². The second kappa shape index (κ2) is 33.9. The van der Waals surface area contributed by atoms with Gasteiger partial charge >= 0.3 is 17.9 Å². The summed E-state index contributed by atoms with van der Waals surface area (Å²) < 4.78 is 17.1. The Morgan fingerprint density at radius 2 is 1.14 bits per heavy atom. The Bertz CT molecular complexity index is 1060. The first-order valence-corrected chi connectivity index (χ1v) is 19.5. The van der Waals surface area contributed by atoms with Gasteiger partial charge in [-0.05, 0) is 64.2 Å². The monoisotopic (exact) mass is 715 g/mol. The molecule has 0 aliphatic heterocycles. The predicted octanol–water partition coefficient (Wildman–Crippen LogP) is 10.0. The third kappa shape index (κ3) is 32.4. The molecule has 8 nitrogen and oxygen atoms in total. The van der Waals surface area contributed by atoms with Crippen LogP contribution in [0, 0.1) is 0 Å². The predicted molar refractivity (Wildman–Crippen MR) is 210 cm³/mol. The molecule has 2 atom stereocenters. The molecule has 0 saturated carbocycles. The quantitative estimate of drug-likeness (QED) is 0.0238. The Morgan fingerprint density at radius 1 is 0.608 bits per heavy atom. The Kier molecular flexibility index (Phi) is 31.7. The van der Waals surface area contributed by atoms with E-state index >= 15 is 0 Å². The van der Waals surface area contributed by atoms with Crippen molar-refractivity contribution in [2.75, 3.05) is 41.0 Å². The molecule has 0 spiro atoms. The molecule has 1 N–H and O–H groups in total. The van der Waals surface area contributed by atoms with E-state index in [0.717, 1.165) is 70.6 Å². The summed E-state index contributed by atoms with van der Waals surface area (Å²) in [7, 11) is 5.49. The molecule has 8 heteroatoms. The zero-order valence-corrected chi connectivity index (χ0v) is 32.8. The van der Waals surface area contributed by atoms with Gasteiger partial charge in [0.1, 0.15) is 6.61 Å². The number of carboxylic acids is 1. The van der Waals surface area contributed by atoms with Crippen LogP contribution in [-0.4, -0.2) is 80.6 Å². The van der Waals surface area contributed by atoms with Gasteiger partial charge in [0.15, 0.2) is 12.1 Å². The van der Waals surface area contributed by atoms with Crippen LogP contribution in [0.4, 0.5) is 0 Å². The number of aliphatic carboxylic acids is 1. The van der Waals surface area contributed by atoms with Crippen molar-refractivity contribution in [2.45, 2.75) is 142 Å². The third-order valence-corrected chi connectivity index (χ3v) is 8.16. The molecule has 0 amide bonds. The van der Waals surface area contributed by atoms with Crippen molar-refractivity contribution in [3.8, 4) is 0 Å². The van der Waals surface area contributed by atoms with E-state index in [-0.39, 0.29) is 42.7 Å². The number of quaternary nitrogens is 1. The molecule has 0 bridgehead atoms. The smallest absolute Gasteiger partial charge is 0.362 e. The Hall–Kier alpha value is -3.23. The topological polar surface area (TPSA) is 99.1 Å². The van der Waals surface area contributed by atoms with Gasteiger partial charge in [-0.2, -0.15) is 0 Å². The molecule has 0 aliphatic carbocycles. The van der Waals surface area contributed by atoms with Crippen LogP contribution in [0.15, 0.2) is 72.9 Å². The minimum atomic E-state index is -0.888. The van der Waals surface area contributed by atoms with Gasteiger partial charge in [-0.1, -0.05) is 119 Å². The maximum Gasteiger partial charge on any atom is 0.362 e. The molecular formula is C43H72NO7+. The molecule has 290 valence electrons. The maximum absolute atomic E-state index is 12.6. The number of unbranched alkanes of at least 4 members (excludes halogenated alkanes) is 9. The van der Waals surface area contributed by atoms with Gasteiger partial charge in [-0.3, -0.25) is 9.59 Å². The van der Waals surface area contributed by atoms with Crippen molar-refractivity contribution in [2.24, 2.45) is 0 Å². The number of rotatable bonds is 33. The summed E-state index contributed by atoms with van der Waals surface area (Å²) in [6.07, 6.45) is 40.9. The molecule has 0 aromatic carbocycles. The number of allylic oxidation sites excluding steroid dienone is 12. The fourth-order valence-electron chi connectivity index (χ4n) is 5.16. The number of esters is 2. The zero-order chi connectivity index (χ0) is 37.8. The standard InChI is InChI=1S/C43H71NO7/c1-6-8-10-12-14-16-18-20-21-22-24-25-27-29-31-33-41(45)50-38-39(37-49-36-35-40(43(47)48)44(3,4)5)51-42(46)34-32-30-28-26-23-19-17-15-13-11-9-7-2/h8-12,14-18,23,26,39-40H,6-7,13,19-22,24-25,27-38H2,1-5H3/p+1/b10-8+,11-9+,14-12+,17-15+,18-16+,26-23+. The molecule has 2 unspecified atom stereocenters. The van der Waals surface area contributed by atoms with E-state index in [0.29, 0.717) is 19.3 Å². The van der Waals surface area contributed by atoms with E-state index in [9.17, 15) is 19.5 Å². The van der Waals surface area contributed by atoms with Crippen LogP contribution in [-0.2, 0) is 28.6 Å². The lowest BCUT2D eigenvalue weighted by atomic mass is 10.1. The normalized spacial score (nSPS) is 13.8. The number of likely N-dealkylation sites (N-methyl/N-ethyl adjacent to an activating group) is 1. The highest BCUT2D eigenvalue weighted by molar-refractivity contribution is 5.72. The lowest BCUT2D eigenvalue weighted by Gasteiger charge is -2.31. The Morgan fingerprint density at radius 3 is 1.78 bits per heavy atom. The fraction of sp³-hybridized carbons (Fsp3) is 0.651. The van der Waals surface area contributed by atoms with Gasteiger partial charge in [-0.15, -0.1) is 0 Å². The van der Waals surface area contributed by atoms with Crippen molar-refractivity contribution >= 4 is 17.9 Å². The lowest BCUT2D eigenvalue weighted by molar-refractivity contribution is -0.887. The van der Waals surface area contributed by atoms with Gasteiger partial charge in [0, 0.05) is 19.3 Å². The van der Waals surface area contributed by atoms with Crippen LogP contribution in [0.2, 0.25) is 0 Å². The third-order valence-electron chi connectivity index (χ3n) is 8.16. The number of carbonyl (C=O) groups is 3. The largest absolute Gasteiger partial charge is 0.477 e. The average molecular weight is 715 g/mol. The van der Waals surface area contributed by atoms with E-state index < -0.39 is 18.1 Å². The molecule has 0 aromatic rings. The molecule has 0 saturated heterocycles. The first-order valence-electron chi connectivity index (χ1n) is 19.5. The number of ether oxygens (including phenoxy) is 3. The van der Waals surface area contributed by atoms with Crippen LogP contribution in [0.5, 0.6) is 0 Å². The Balaban J connectivity index is 4.48. The molecule has 0 heterocycles. The van der Waals surface area contributed by atoms with Crippen molar-refractivity contribution in [3.63, 3.8) is 0 Å². The van der Waals surface area contributed by atoms with Gasteiger partial charge in [0.05, 0.1) is 34.4 Å². The molecule has 0 aliphatic rings. The van der Waals surface area contributed by atoms with Crippen molar-refractivity contribution in [1.29, 1.82) is 0 Å². The fourth-order valence-corrected chi connectivity index (χ4v) is 5.16. The lowest BCUT2D eigenvalue weighted by Crippen LogP contribution is -2.50. The molecule has 0 radical (unpaired) electrons. The van der Waals surface area contributed by atoms with Gasteiger partial charge in [0.25, 0.3) is 0 Å². The summed E-state index contributed by atoms with van der Waals surface area (Å²) in [4.78, 5) is 36.8. The number of carboxylic acid groups (broad SMARTS) is 1. The maximum atomic E-state index is 12.6. The average Bonchev–Trinajstić information content (AvgIpc) is 3.08. The second-order valence-electron chi connectivity index (χ2n) is 13.8. The highest BCUT2D eigenvalue weighted by atomic mass is 16.6. The Labute approximate surface area is 311 Å². The van der Waals surface area contributed by atoms with Crippen LogP contribution < -0.4 is 0 Å². The second-order valence-corrected chi connectivity index (χ2v) is 13.8. The minimum Gasteiger partial charge on any atom is -0.477 e. The first-order chi connectivity index (χ1) is 24.6. The van der Waals surface area contributed by atoms with Crippen LogP contribution in [0.1, 0.15) is 129 Å². The summed E-state index contributed by atoms with van der Waals surface area (Å²) in [5.74, 6) is -1.55. The van der Waals surface area contributed by atoms with Gasteiger partial charge in [0.2, 0.25) is 0 Å². The summed E-state index contributed by atoms with van der Waals surface area (Å²) >= 11 is 0. The van der Waals surface area contributed by atoms with Crippen LogP contribution in [0.3, 0.4) is 0 Å². The summed E-state index contributed by atoms with van der Waals surface area (Å²) in [6.45, 7) is 4.40. The van der Waals surface area contributed by atoms with Crippen molar-refractivity contribution < 1.29 is 38.2 Å². The summed E-state index contributed by atoms with van der Waals surface area (Å²) in [5.41, 5.74) is 0. The van der Waals surface area contributed by atoms with Crippen molar-refractivity contribution in [3.05, 3.63) is 72.9 Å². The van der Waals surface area contributed by atoms with E-state index in [2.05, 4.69) is 86.8 Å². The minimum absolute atomic E-state index is 0.0375. The summed E-state index contributed by atoms with van der Waals surface area (Å²) in [5, 5.41) is 9.58. The van der Waals surface area contributed by atoms with Gasteiger partial charge < -0.3 is 23.8 Å². The van der Waals surface area contributed by atoms with E-state index in [1.165, 1.54) is 19.3 Å². The molecule has 0 rings (SSSR count). The number of carbonyl (C=O) groups excluding carboxylic acids is 2. The molecular weight excluding hydrogens is 642 g/mol. The van der Waals surface area contributed by atoms with E-state index in [4.69, 9.17) is 14.2 Å². The van der Waals surface area contributed by atoms with Crippen molar-refractivity contribution in [1.82, 2.24) is 0 Å². The number of hydrogen-bond acceptors (Lipinski definition) is 6. The number of hydrogen-bond donors (Lipinski definition) is 1. The molecule has 0 aromatic heterocycles. The first kappa shape index (κ1) is 47.8. The van der Waals surface area contributed by atoms with Crippen LogP contribution in [0.25, 0.3) is 0 Å². The van der Waals surface area contributed by atoms with Crippen LogP contribution >= 0.6 is 0 Å². The van der Waals surface area contributed by atoms with E-state index in [1.807, 2.05) is 21.1 Å². The number of nitrogens with zero attached hydrogens (tertiary/aromatic N) is 1. The summed E-state index contributed by atoms with van der Waals surface area (Å²) in [6, 6.07) is -0.625.